The van der Waals surface area contributed by atoms with E-state index in [1.54, 1.807) is 0 Å². The zero-order chi connectivity index (χ0) is 11.0. The molecule has 16 heavy (non-hydrogen) atoms. The molecule has 1 aliphatic rings. The Kier molecular flexibility index (Phi) is 2.36. The molecule has 3 heterocycles. The number of aromatic nitrogens is 3. The van der Waals surface area contributed by atoms with Gasteiger partial charge in [-0.15, -0.1) is 0 Å². The van der Waals surface area contributed by atoms with Gasteiger partial charge < -0.3 is 9.88 Å². The van der Waals surface area contributed by atoms with E-state index >= 15 is 0 Å². The molecule has 1 fully saturated rings. The van der Waals surface area contributed by atoms with Crippen LogP contribution in [0.3, 0.4) is 0 Å². The topological polar surface area (TPSA) is 42.7 Å². The summed E-state index contributed by atoms with van der Waals surface area (Å²) in [4.78, 5) is 9.15. The Hall–Kier alpha value is -1.42. The summed E-state index contributed by atoms with van der Waals surface area (Å²) in [5.41, 5.74) is 2.04. The van der Waals surface area contributed by atoms with Crippen molar-refractivity contribution in [1.29, 1.82) is 0 Å². The van der Waals surface area contributed by atoms with Crippen molar-refractivity contribution in [2.75, 3.05) is 13.1 Å². The van der Waals surface area contributed by atoms with Crippen LogP contribution in [0.15, 0.2) is 18.3 Å². The van der Waals surface area contributed by atoms with Gasteiger partial charge in [-0.1, -0.05) is 0 Å². The average molecular weight is 216 g/mol. The summed E-state index contributed by atoms with van der Waals surface area (Å²) < 4.78 is 2.24. The molecule has 4 nitrogen and oxygen atoms in total. The molecule has 0 spiro atoms. The van der Waals surface area contributed by atoms with E-state index in [-0.39, 0.29) is 0 Å². The van der Waals surface area contributed by atoms with Crippen molar-refractivity contribution in [2.45, 2.75) is 25.8 Å². The molecular weight excluding hydrogens is 200 g/mol. The molecule has 1 saturated heterocycles. The van der Waals surface area contributed by atoms with Gasteiger partial charge in [-0.3, -0.25) is 0 Å². The molecule has 1 aliphatic heterocycles. The molecule has 0 radical (unpaired) electrons. The highest BCUT2D eigenvalue weighted by Gasteiger charge is 2.23. The van der Waals surface area contributed by atoms with E-state index in [1.165, 1.54) is 12.2 Å². The van der Waals surface area contributed by atoms with E-state index in [1.807, 2.05) is 18.3 Å². The van der Waals surface area contributed by atoms with E-state index in [0.29, 0.717) is 5.92 Å². The van der Waals surface area contributed by atoms with Crippen LogP contribution in [-0.4, -0.2) is 27.6 Å². The van der Waals surface area contributed by atoms with E-state index < -0.39 is 0 Å². The molecule has 0 unspecified atom stereocenters. The van der Waals surface area contributed by atoms with Crippen molar-refractivity contribution < 1.29 is 0 Å². The Morgan fingerprint density at radius 1 is 1.56 bits per heavy atom. The van der Waals surface area contributed by atoms with Crippen LogP contribution in [0, 0.1) is 0 Å². The van der Waals surface area contributed by atoms with Crippen molar-refractivity contribution in [2.24, 2.45) is 0 Å². The van der Waals surface area contributed by atoms with Gasteiger partial charge >= 0.3 is 0 Å². The van der Waals surface area contributed by atoms with Gasteiger partial charge in [-0.05, 0) is 32.0 Å². The van der Waals surface area contributed by atoms with Crippen LogP contribution in [0.2, 0.25) is 0 Å². The minimum absolute atomic E-state index is 0.550. The van der Waals surface area contributed by atoms with Crippen LogP contribution < -0.4 is 5.32 Å². The molecule has 0 aliphatic carbocycles. The highest BCUT2D eigenvalue weighted by Crippen LogP contribution is 2.24. The molecule has 0 amide bonds. The summed E-state index contributed by atoms with van der Waals surface area (Å²) in [6.45, 7) is 5.25. The number of nitrogens with one attached hydrogen (secondary N) is 1. The van der Waals surface area contributed by atoms with Crippen LogP contribution in [0.4, 0.5) is 0 Å². The Morgan fingerprint density at radius 3 is 3.25 bits per heavy atom. The molecular formula is C12H16N4. The quantitative estimate of drug-likeness (QED) is 0.827. The third-order valence-electron chi connectivity index (χ3n) is 3.27. The number of aryl methyl sites for hydroxylation is 1. The summed E-state index contributed by atoms with van der Waals surface area (Å²) in [6.07, 6.45) is 3.02. The lowest BCUT2D eigenvalue weighted by molar-refractivity contribution is 0.628. The first-order valence-electron chi connectivity index (χ1n) is 5.92. The highest BCUT2D eigenvalue weighted by atomic mass is 15.1. The minimum Gasteiger partial charge on any atom is -0.316 e. The van der Waals surface area contributed by atoms with E-state index in [9.17, 15) is 0 Å². The lowest BCUT2D eigenvalue weighted by atomic mass is 10.1. The molecule has 2 aromatic rings. The van der Waals surface area contributed by atoms with Crippen molar-refractivity contribution in [3.8, 4) is 0 Å². The van der Waals surface area contributed by atoms with Gasteiger partial charge in [0.1, 0.15) is 11.3 Å². The number of imidazole rings is 1. The summed E-state index contributed by atoms with van der Waals surface area (Å²) in [7, 11) is 0. The first kappa shape index (κ1) is 9.78. The number of fused-ring (bicyclic) bond motifs is 1. The van der Waals surface area contributed by atoms with Crippen LogP contribution in [0.5, 0.6) is 0 Å². The van der Waals surface area contributed by atoms with Crippen LogP contribution in [0.25, 0.3) is 11.2 Å². The number of nitrogens with zero attached hydrogens (tertiary/aromatic N) is 3. The second kappa shape index (κ2) is 3.87. The van der Waals surface area contributed by atoms with Crippen LogP contribution >= 0.6 is 0 Å². The predicted octanol–water partition coefficient (Wildman–Crippen LogP) is 1.53. The number of hydrogen-bond donors (Lipinski definition) is 1. The molecule has 2 aromatic heterocycles. The zero-order valence-corrected chi connectivity index (χ0v) is 9.48. The van der Waals surface area contributed by atoms with Gasteiger partial charge in [-0.2, -0.15) is 0 Å². The number of rotatable bonds is 2. The van der Waals surface area contributed by atoms with Gasteiger partial charge in [0.2, 0.25) is 0 Å². The smallest absolute Gasteiger partial charge is 0.159 e. The first-order valence-corrected chi connectivity index (χ1v) is 5.92. The van der Waals surface area contributed by atoms with Gasteiger partial charge in [0.05, 0.1) is 0 Å². The number of pyridine rings is 1. The second-order valence-electron chi connectivity index (χ2n) is 4.25. The Labute approximate surface area is 94.7 Å². The van der Waals surface area contributed by atoms with Gasteiger partial charge in [0.15, 0.2) is 5.65 Å². The summed E-state index contributed by atoms with van der Waals surface area (Å²) in [6, 6.07) is 3.99. The highest BCUT2D eigenvalue weighted by molar-refractivity contribution is 5.71. The summed E-state index contributed by atoms with van der Waals surface area (Å²) >= 11 is 0. The molecule has 0 bridgehead atoms. The Morgan fingerprint density at radius 2 is 2.50 bits per heavy atom. The summed E-state index contributed by atoms with van der Waals surface area (Å²) in [5, 5.41) is 3.39. The fraction of sp³-hybridized carbons (Fsp3) is 0.500. The van der Waals surface area contributed by atoms with Crippen molar-refractivity contribution in [1.82, 2.24) is 19.9 Å². The third-order valence-corrected chi connectivity index (χ3v) is 3.27. The number of hydrogen-bond acceptors (Lipinski definition) is 3. The van der Waals surface area contributed by atoms with Gasteiger partial charge in [0.25, 0.3) is 0 Å². The van der Waals surface area contributed by atoms with Crippen molar-refractivity contribution >= 4 is 11.2 Å². The lowest BCUT2D eigenvalue weighted by Crippen LogP contribution is -2.12. The normalized spacial score (nSPS) is 20.7. The molecule has 1 N–H and O–H groups in total. The molecule has 1 atom stereocenters. The average Bonchev–Trinajstić information content (AvgIpc) is 2.95. The standard InChI is InChI=1S/C12H16N4/c1-2-16-11(9-5-7-13-8-9)15-10-4-3-6-14-12(10)16/h3-4,6,9,13H,2,5,7-8H2,1H3/t9-/m0/s1. The predicted molar refractivity (Wildman–Crippen MR) is 63.4 cm³/mol. The van der Waals surface area contributed by atoms with Crippen molar-refractivity contribution in [3.63, 3.8) is 0 Å². The third kappa shape index (κ3) is 1.41. The second-order valence-corrected chi connectivity index (χ2v) is 4.25. The van der Waals surface area contributed by atoms with Crippen LogP contribution in [0.1, 0.15) is 25.1 Å². The van der Waals surface area contributed by atoms with E-state index in [0.717, 1.165) is 30.8 Å². The lowest BCUT2D eigenvalue weighted by Gasteiger charge is -2.10. The zero-order valence-electron chi connectivity index (χ0n) is 9.48. The van der Waals surface area contributed by atoms with Gasteiger partial charge in [0, 0.05) is 25.2 Å². The molecule has 0 aromatic carbocycles. The molecule has 0 saturated carbocycles. The summed E-state index contributed by atoms with van der Waals surface area (Å²) in [5.74, 6) is 1.75. The largest absolute Gasteiger partial charge is 0.316 e. The molecule has 84 valence electrons. The van der Waals surface area contributed by atoms with Crippen molar-refractivity contribution in [3.05, 3.63) is 24.2 Å². The molecule has 4 heteroatoms. The maximum Gasteiger partial charge on any atom is 0.159 e. The fourth-order valence-corrected chi connectivity index (χ4v) is 2.47. The first-order chi connectivity index (χ1) is 7.90. The SMILES string of the molecule is CCn1c([C@H]2CCNC2)nc2cccnc21. The fourth-order valence-electron chi connectivity index (χ4n) is 2.47. The van der Waals surface area contributed by atoms with Crippen LogP contribution in [-0.2, 0) is 6.54 Å². The molecule has 3 rings (SSSR count). The maximum absolute atomic E-state index is 4.73. The van der Waals surface area contributed by atoms with Gasteiger partial charge in [-0.25, -0.2) is 9.97 Å². The minimum atomic E-state index is 0.550. The van der Waals surface area contributed by atoms with E-state index in [4.69, 9.17) is 4.98 Å². The Balaban J connectivity index is 2.15. The maximum atomic E-state index is 4.73. The monoisotopic (exact) mass is 216 g/mol. The Bertz CT molecular complexity index is 497. The van der Waals surface area contributed by atoms with E-state index in [2.05, 4.69) is 21.8 Å².